The average Bonchev–Trinajstić information content (AvgIpc) is 3.42. The average molecular weight is 408 g/mol. The SMILES string of the molecule is COc1ccccc1OCc1ccc(C(=O)Nc2cccc(N3CCOC3=O)c2)o1. The highest BCUT2D eigenvalue weighted by Gasteiger charge is 2.23. The summed E-state index contributed by atoms with van der Waals surface area (Å²) >= 11 is 0. The van der Waals surface area contributed by atoms with Crippen molar-refractivity contribution in [3.8, 4) is 11.5 Å². The second kappa shape index (κ2) is 8.60. The molecule has 30 heavy (non-hydrogen) atoms. The number of carbonyl (C=O) groups is 2. The summed E-state index contributed by atoms with van der Waals surface area (Å²) < 4.78 is 21.5. The molecule has 1 saturated heterocycles. The monoisotopic (exact) mass is 408 g/mol. The number of methoxy groups -OCH3 is 1. The molecule has 0 radical (unpaired) electrons. The van der Waals surface area contributed by atoms with Crippen LogP contribution in [0.1, 0.15) is 16.3 Å². The van der Waals surface area contributed by atoms with Gasteiger partial charge in [-0.2, -0.15) is 0 Å². The first-order valence-corrected chi connectivity index (χ1v) is 9.34. The third-order valence-electron chi connectivity index (χ3n) is 4.50. The largest absolute Gasteiger partial charge is 0.493 e. The van der Waals surface area contributed by atoms with Gasteiger partial charge in [-0.25, -0.2) is 4.79 Å². The summed E-state index contributed by atoms with van der Waals surface area (Å²) in [5.41, 5.74) is 1.20. The quantitative estimate of drug-likeness (QED) is 0.634. The number of nitrogens with zero attached hydrogens (tertiary/aromatic N) is 1. The summed E-state index contributed by atoms with van der Waals surface area (Å²) in [5, 5.41) is 2.77. The number of nitrogens with one attached hydrogen (secondary N) is 1. The van der Waals surface area contributed by atoms with Crippen molar-refractivity contribution in [3.05, 3.63) is 72.2 Å². The molecule has 1 aliphatic heterocycles. The minimum Gasteiger partial charge on any atom is -0.493 e. The van der Waals surface area contributed by atoms with Crippen molar-refractivity contribution in [2.24, 2.45) is 0 Å². The van der Waals surface area contributed by atoms with Gasteiger partial charge in [-0.3, -0.25) is 9.69 Å². The number of hydrogen-bond donors (Lipinski definition) is 1. The molecule has 0 saturated carbocycles. The summed E-state index contributed by atoms with van der Waals surface area (Å²) in [6.45, 7) is 0.978. The Bertz CT molecular complexity index is 1060. The molecule has 3 aromatic rings. The minimum absolute atomic E-state index is 0.152. The van der Waals surface area contributed by atoms with Crippen LogP contribution in [0.5, 0.6) is 11.5 Å². The third kappa shape index (κ3) is 4.22. The second-order valence-corrected chi connectivity index (χ2v) is 6.48. The van der Waals surface area contributed by atoms with Crippen LogP contribution >= 0.6 is 0 Å². The normalized spacial score (nSPS) is 13.1. The molecule has 2 amide bonds. The summed E-state index contributed by atoms with van der Waals surface area (Å²) in [6, 6.07) is 17.5. The number of hydrogen-bond acceptors (Lipinski definition) is 6. The predicted molar refractivity (Wildman–Crippen MR) is 109 cm³/mol. The van der Waals surface area contributed by atoms with Crippen molar-refractivity contribution in [2.45, 2.75) is 6.61 Å². The summed E-state index contributed by atoms with van der Waals surface area (Å²) in [4.78, 5) is 25.8. The van der Waals surface area contributed by atoms with Crippen molar-refractivity contribution in [1.82, 2.24) is 0 Å². The second-order valence-electron chi connectivity index (χ2n) is 6.48. The Labute approximate surface area is 172 Å². The number of anilines is 2. The van der Waals surface area contributed by atoms with E-state index >= 15 is 0 Å². The lowest BCUT2D eigenvalue weighted by Gasteiger charge is -2.14. The third-order valence-corrected chi connectivity index (χ3v) is 4.50. The van der Waals surface area contributed by atoms with Gasteiger partial charge in [0.05, 0.1) is 13.7 Å². The lowest BCUT2D eigenvalue weighted by molar-refractivity contribution is 0.0992. The van der Waals surface area contributed by atoms with E-state index < -0.39 is 12.0 Å². The van der Waals surface area contributed by atoms with Crippen LogP contribution in [0, 0.1) is 0 Å². The molecule has 2 heterocycles. The fourth-order valence-corrected chi connectivity index (χ4v) is 3.04. The molecule has 0 atom stereocenters. The first-order valence-electron chi connectivity index (χ1n) is 9.34. The predicted octanol–water partition coefficient (Wildman–Crippen LogP) is 4.08. The Balaban J connectivity index is 1.39. The Morgan fingerprint density at radius 3 is 2.70 bits per heavy atom. The highest BCUT2D eigenvalue weighted by atomic mass is 16.6. The number of rotatable bonds is 7. The van der Waals surface area contributed by atoms with Gasteiger partial charge in [0.1, 0.15) is 19.0 Å². The maximum absolute atomic E-state index is 12.5. The van der Waals surface area contributed by atoms with Gasteiger partial charge < -0.3 is 23.9 Å². The lowest BCUT2D eigenvalue weighted by Crippen LogP contribution is -2.23. The molecule has 0 spiro atoms. The van der Waals surface area contributed by atoms with E-state index in [0.29, 0.717) is 41.8 Å². The molecule has 8 heteroatoms. The van der Waals surface area contributed by atoms with Crippen LogP contribution in [0.15, 0.2) is 65.1 Å². The number of carbonyl (C=O) groups excluding carboxylic acids is 2. The van der Waals surface area contributed by atoms with E-state index in [1.165, 1.54) is 4.90 Å². The van der Waals surface area contributed by atoms with Crippen molar-refractivity contribution in [1.29, 1.82) is 0 Å². The number of cyclic esters (lactones) is 1. The molecule has 0 aliphatic carbocycles. The Kier molecular flexibility index (Phi) is 5.56. The van der Waals surface area contributed by atoms with Crippen LogP contribution in [-0.2, 0) is 11.3 Å². The van der Waals surface area contributed by atoms with Gasteiger partial charge >= 0.3 is 6.09 Å². The van der Waals surface area contributed by atoms with Crippen LogP contribution in [0.4, 0.5) is 16.2 Å². The molecule has 154 valence electrons. The Morgan fingerprint density at radius 1 is 1.10 bits per heavy atom. The van der Waals surface area contributed by atoms with E-state index in [-0.39, 0.29) is 12.4 Å². The number of ether oxygens (including phenoxy) is 3. The highest BCUT2D eigenvalue weighted by Crippen LogP contribution is 2.27. The highest BCUT2D eigenvalue weighted by molar-refractivity contribution is 6.02. The standard InChI is InChI=1S/C22H20N2O6/c1-27-18-7-2-3-8-19(18)29-14-17-9-10-20(30-17)21(25)23-15-5-4-6-16(13-15)24-11-12-28-22(24)26/h2-10,13H,11-12,14H2,1H3,(H,23,25). The topological polar surface area (TPSA) is 90.2 Å². The number of para-hydroxylation sites is 2. The van der Waals surface area contributed by atoms with Gasteiger partial charge in [0, 0.05) is 11.4 Å². The van der Waals surface area contributed by atoms with Crippen LogP contribution in [-0.4, -0.2) is 32.3 Å². The number of benzene rings is 2. The van der Waals surface area contributed by atoms with Crippen LogP contribution < -0.4 is 19.7 Å². The maximum Gasteiger partial charge on any atom is 0.414 e. The molecule has 8 nitrogen and oxygen atoms in total. The van der Waals surface area contributed by atoms with Gasteiger partial charge in [-0.1, -0.05) is 18.2 Å². The van der Waals surface area contributed by atoms with Gasteiger partial charge in [0.25, 0.3) is 5.91 Å². The molecular weight excluding hydrogens is 388 g/mol. The number of amides is 2. The van der Waals surface area contributed by atoms with E-state index in [1.807, 2.05) is 12.1 Å². The first kappa shape index (κ1) is 19.4. The van der Waals surface area contributed by atoms with Crippen LogP contribution in [0.25, 0.3) is 0 Å². The van der Waals surface area contributed by atoms with Crippen molar-refractivity contribution < 1.29 is 28.2 Å². The zero-order valence-electron chi connectivity index (χ0n) is 16.3. The smallest absolute Gasteiger partial charge is 0.414 e. The zero-order chi connectivity index (χ0) is 20.9. The molecule has 1 N–H and O–H groups in total. The molecule has 1 aliphatic rings. The van der Waals surface area contributed by atoms with Gasteiger partial charge in [0.15, 0.2) is 17.3 Å². The first-order chi connectivity index (χ1) is 14.6. The Morgan fingerprint density at radius 2 is 1.93 bits per heavy atom. The van der Waals surface area contributed by atoms with Crippen molar-refractivity contribution in [2.75, 3.05) is 30.5 Å². The van der Waals surface area contributed by atoms with Gasteiger partial charge in [-0.05, 0) is 42.5 Å². The fourth-order valence-electron chi connectivity index (χ4n) is 3.04. The Hall–Kier alpha value is -3.94. The molecular formula is C22H20N2O6. The number of furan rings is 1. The molecule has 0 unspecified atom stereocenters. The van der Waals surface area contributed by atoms with Crippen LogP contribution in [0.3, 0.4) is 0 Å². The molecule has 4 rings (SSSR count). The summed E-state index contributed by atoms with van der Waals surface area (Å²) in [6.07, 6.45) is -0.399. The van der Waals surface area contributed by atoms with E-state index in [2.05, 4.69) is 5.32 Å². The fraction of sp³-hybridized carbons (Fsp3) is 0.182. The van der Waals surface area contributed by atoms with Gasteiger partial charge in [0.2, 0.25) is 0 Å². The lowest BCUT2D eigenvalue weighted by atomic mass is 10.2. The van der Waals surface area contributed by atoms with E-state index in [9.17, 15) is 9.59 Å². The summed E-state index contributed by atoms with van der Waals surface area (Å²) in [5.74, 6) is 1.45. The van der Waals surface area contributed by atoms with Gasteiger partial charge in [-0.15, -0.1) is 0 Å². The molecule has 2 aromatic carbocycles. The van der Waals surface area contributed by atoms with Crippen molar-refractivity contribution >= 4 is 23.4 Å². The van der Waals surface area contributed by atoms with E-state index in [0.717, 1.165) is 0 Å². The minimum atomic E-state index is -0.403. The maximum atomic E-state index is 12.5. The van der Waals surface area contributed by atoms with Crippen LogP contribution in [0.2, 0.25) is 0 Å². The molecule has 1 aromatic heterocycles. The van der Waals surface area contributed by atoms with E-state index in [1.54, 1.807) is 55.6 Å². The van der Waals surface area contributed by atoms with Crippen molar-refractivity contribution in [3.63, 3.8) is 0 Å². The summed E-state index contributed by atoms with van der Waals surface area (Å²) in [7, 11) is 1.57. The molecule has 1 fully saturated rings. The zero-order valence-corrected chi connectivity index (χ0v) is 16.3. The van der Waals surface area contributed by atoms with E-state index in [4.69, 9.17) is 18.6 Å². The molecule has 0 bridgehead atoms.